The summed E-state index contributed by atoms with van der Waals surface area (Å²) >= 11 is 0. The molecule has 1 aromatic heterocycles. The zero-order chi connectivity index (χ0) is 14.0. The molecular weight excluding hydrogens is 244 g/mol. The number of hydrogen-bond acceptors (Lipinski definition) is 5. The molecule has 0 aliphatic heterocycles. The first-order valence-corrected chi connectivity index (χ1v) is 5.78. The molecule has 0 radical (unpaired) electrons. The van der Waals surface area contributed by atoms with E-state index >= 15 is 0 Å². The standard InChI is InChI=1S/C13H14N4O2/c1-9-8-10(2)15-13(14-9)16(3)11-4-6-12(7-5-11)17(18)19/h4-8H,1-3H3. The lowest BCUT2D eigenvalue weighted by molar-refractivity contribution is -0.384. The molecule has 0 fully saturated rings. The highest BCUT2D eigenvalue weighted by molar-refractivity contribution is 5.58. The second kappa shape index (κ2) is 5.01. The number of aromatic nitrogens is 2. The minimum Gasteiger partial charge on any atom is -0.314 e. The number of rotatable bonds is 3. The van der Waals surface area contributed by atoms with Crippen molar-refractivity contribution in [1.29, 1.82) is 0 Å². The molecule has 2 rings (SSSR count). The van der Waals surface area contributed by atoms with E-state index in [1.807, 2.05) is 27.0 Å². The third-order valence-electron chi connectivity index (χ3n) is 2.72. The van der Waals surface area contributed by atoms with Crippen LogP contribution < -0.4 is 4.90 Å². The van der Waals surface area contributed by atoms with Crippen LogP contribution in [0.4, 0.5) is 17.3 Å². The summed E-state index contributed by atoms with van der Waals surface area (Å²) in [5.74, 6) is 0.575. The fourth-order valence-electron chi connectivity index (χ4n) is 1.77. The topological polar surface area (TPSA) is 72.2 Å². The van der Waals surface area contributed by atoms with Crippen molar-refractivity contribution in [2.45, 2.75) is 13.8 Å². The Labute approximate surface area is 110 Å². The molecule has 0 saturated carbocycles. The Morgan fingerprint density at radius 1 is 1.11 bits per heavy atom. The predicted octanol–water partition coefficient (Wildman–Crippen LogP) is 2.77. The smallest absolute Gasteiger partial charge is 0.269 e. The summed E-state index contributed by atoms with van der Waals surface area (Å²) in [6.07, 6.45) is 0. The van der Waals surface area contributed by atoms with Gasteiger partial charge in [0.2, 0.25) is 5.95 Å². The molecule has 0 unspecified atom stereocenters. The number of aryl methyl sites for hydroxylation is 2. The minimum atomic E-state index is -0.420. The quantitative estimate of drug-likeness (QED) is 0.625. The predicted molar refractivity (Wildman–Crippen MR) is 72.7 cm³/mol. The van der Waals surface area contributed by atoms with Crippen LogP contribution in [-0.2, 0) is 0 Å². The van der Waals surface area contributed by atoms with E-state index in [-0.39, 0.29) is 5.69 Å². The van der Waals surface area contributed by atoms with Gasteiger partial charge in [0, 0.05) is 36.3 Å². The molecule has 1 heterocycles. The van der Waals surface area contributed by atoms with Crippen LogP contribution in [0.2, 0.25) is 0 Å². The molecule has 0 aliphatic carbocycles. The van der Waals surface area contributed by atoms with Crippen molar-refractivity contribution < 1.29 is 4.92 Å². The molecule has 6 heteroatoms. The van der Waals surface area contributed by atoms with Crippen LogP contribution in [0.5, 0.6) is 0 Å². The summed E-state index contributed by atoms with van der Waals surface area (Å²) < 4.78 is 0. The molecule has 0 aliphatic rings. The number of hydrogen-bond donors (Lipinski definition) is 0. The van der Waals surface area contributed by atoms with Crippen molar-refractivity contribution in [3.63, 3.8) is 0 Å². The van der Waals surface area contributed by atoms with Crippen LogP contribution in [0, 0.1) is 24.0 Å². The molecule has 0 atom stereocenters. The Balaban J connectivity index is 2.32. The van der Waals surface area contributed by atoms with Gasteiger partial charge in [-0.2, -0.15) is 0 Å². The van der Waals surface area contributed by atoms with Gasteiger partial charge in [-0.05, 0) is 32.0 Å². The summed E-state index contributed by atoms with van der Waals surface area (Å²) in [5, 5.41) is 10.6. The molecular formula is C13H14N4O2. The van der Waals surface area contributed by atoms with Gasteiger partial charge in [0.1, 0.15) is 0 Å². The highest BCUT2D eigenvalue weighted by atomic mass is 16.6. The number of nitro benzene ring substituents is 1. The Bertz CT molecular complexity index is 590. The van der Waals surface area contributed by atoms with Crippen molar-refractivity contribution in [2.24, 2.45) is 0 Å². The van der Waals surface area contributed by atoms with Crippen molar-refractivity contribution >= 4 is 17.3 Å². The Kier molecular flexibility index (Phi) is 3.41. The van der Waals surface area contributed by atoms with Gasteiger partial charge in [0.15, 0.2) is 0 Å². The first-order valence-electron chi connectivity index (χ1n) is 5.78. The molecule has 1 aromatic carbocycles. The van der Waals surface area contributed by atoms with E-state index in [0.29, 0.717) is 5.95 Å². The summed E-state index contributed by atoms with van der Waals surface area (Å²) in [6.45, 7) is 3.81. The van der Waals surface area contributed by atoms with Gasteiger partial charge in [-0.25, -0.2) is 9.97 Å². The van der Waals surface area contributed by atoms with Crippen LogP contribution in [-0.4, -0.2) is 21.9 Å². The van der Waals surface area contributed by atoms with Crippen LogP contribution in [0.25, 0.3) is 0 Å². The summed E-state index contributed by atoms with van der Waals surface area (Å²) in [7, 11) is 1.83. The van der Waals surface area contributed by atoms with Crippen molar-refractivity contribution in [1.82, 2.24) is 9.97 Å². The molecule has 2 aromatic rings. The maximum Gasteiger partial charge on any atom is 0.269 e. The number of non-ortho nitro benzene ring substituents is 1. The monoisotopic (exact) mass is 258 g/mol. The zero-order valence-corrected chi connectivity index (χ0v) is 11.0. The normalized spacial score (nSPS) is 10.3. The molecule has 0 spiro atoms. The lowest BCUT2D eigenvalue weighted by atomic mass is 10.2. The second-order valence-corrected chi connectivity index (χ2v) is 4.28. The second-order valence-electron chi connectivity index (χ2n) is 4.28. The van der Waals surface area contributed by atoms with E-state index in [1.165, 1.54) is 12.1 Å². The average Bonchev–Trinajstić information content (AvgIpc) is 2.37. The largest absolute Gasteiger partial charge is 0.314 e. The third kappa shape index (κ3) is 2.85. The maximum atomic E-state index is 10.6. The van der Waals surface area contributed by atoms with E-state index in [4.69, 9.17) is 0 Å². The molecule has 0 N–H and O–H groups in total. The van der Waals surface area contributed by atoms with Gasteiger partial charge in [-0.1, -0.05) is 0 Å². The number of anilines is 2. The Hall–Kier alpha value is -2.50. The van der Waals surface area contributed by atoms with E-state index in [1.54, 1.807) is 17.0 Å². The van der Waals surface area contributed by atoms with E-state index in [9.17, 15) is 10.1 Å². The van der Waals surface area contributed by atoms with Crippen molar-refractivity contribution in [3.05, 3.63) is 51.8 Å². The summed E-state index contributed by atoms with van der Waals surface area (Å²) in [4.78, 5) is 20.7. The molecule has 6 nitrogen and oxygen atoms in total. The first-order chi connectivity index (χ1) is 8.97. The van der Waals surface area contributed by atoms with Crippen LogP contribution in [0.15, 0.2) is 30.3 Å². The third-order valence-corrected chi connectivity index (χ3v) is 2.72. The van der Waals surface area contributed by atoms with Crippen LogP contribution >= 0.6 is 0 Å². The van der Waals surface area contributed by atoms with Gasteiger partial charge >= 0.3 is 0 Å². The van der Waals surface area contributed by atoms with Gasteiger partial charge in [-0.3, -0.25) is 10.1 Å². The highest BCUT2D eigenvalue weighted by Gasteiger charge is 2.10. The van der Waals surface area contributed by atoms with Crippen LogP contribution in [0.3, 0.4) is 0 Å². The number of nitrogens with zero attached hydrogens (tertiary/aromatic N) is 4. The SMILES string of the molecule is Cc1cc(C)nc(N(C)c2ccc([N+](=O)[O-])cc2)n1. The fraction of sp³-hybridized carbons (Fsp3) is 0.231. The molecule has 98 valence electrons. The maximum absolute atomic E-state index is 10.6. The fourth-order valence-corrected chi connectivity index (χ4v) is 1.77. The van der Waals surface area contributed by atoms with E-state index in [2.05, 4.69) is 9.97 Å². The minimum absolute atomic E-state index is 0.0680. The molecule has 0 saturated heterocycles. The van der Waals surface area contributed by atoms with Crippen molar-refractivity contribution in [2.75, 3.05) is 11.9 Å². The van der Waals surface area contributed by atoms with Crippen LogP contribution in [0.1, 0.15) is 11.4 Å². The van der Waals surface area contributed by atoms with E-state index in [0.717, 1.165) is 17.1 Å². The van der Waals surface area contributed by atoms with Gasteiger partial charge in [0.25, 0.3) is 5.69 Å². The van der Waals surface area contributed by atoms with Gasteiger partial charge < -0.3 is 4.90 Å². The Morgan fingerprint density at radius 3 is 2.11 bits per heavy atom. The molecule has 0 bridgehead atoms. The first kappa shape index (κ1) is 12.9. The highest BCUT2D eigenvalue weighted by Crippen LogP contribution is 2.23. The molecule has 0 amide bonds. The lowest BCUT2D eigenvalue weighted by Crippen LogP contribution is -2.14. The Morgan fingerprint density at radius 2 is 1.63 bits per heavy atom. The van der Waals surface area contributed by atoms with Crippen molar-refractivity contribution in [3.8, 4) is 0 Å². The summed E-state index contributed by atoms with van der Waals surface area (Å²) in [6, 6.07) is 8.19. The van der Waals surface area contributed by atoms with E-state index < -0.39 is 4.92 Å². The van der Waals surface area contributed by atoms with Gasteiger partial charge in [-0.15, -0.1) is 0 Å². The number of benzene rings is 1. The molecule has 19 heavy (non-hydrogen) atoms. The lowest BCUT2D eigenvalue weighted by Gasteiger charge is -2.17. The number of nitro groups is 1. The van der Waals surface area contributed by atoms with Gasteiger partial charge in [0.05, 0.1) is 4.92 Å². The average molecular weight is 258 g/mol. The zero-order valence-electron chi connectivity index (χ0n) is 11.0. The summed E-state index contributed by atoms with van der Waals surface area (Å²) in [5.41, 5.74) is 2.64.